The van der Waals surface area contributed by atoms with Gasteiger partial charge >= 0.3 is 5.97 Å². The van der Waals surface area contributed by atoms with Gasteiger partial charge in [-0.15, -0.1) is 0 Å². The lowest BCUT2D eigenvalue weighted by molar-refractivity contribution is -0.119. The number of hydrogen-bond donors (Lipinski definition) is 1. The number of anilines is 1. The molecule has 0 unspecified atom stereocenters. The molecule has 1 aliphatic heterocycles. The van der Waals surface area contributed by atoms with Crippen LogP contribution in [0.1, 0.15) is 15.9 Å². The zero-order chi connectivity index (χ0) is 12.6. The predicted octanol–water partition coefficient (Wildman–Crippen LogP) is 1.12. The van der Waals surface area contributed by atoms with Crippen molar-refractivity contribution < 1.29 is 19.5 Å². The summed E-state index contributed by atoms with van der Waals surface area (Å²) in [5.41, 5.74) is 0.581. The van der Waals surface area contributed by atoms with Crippen molar-refractivity contribution >= 4 is 23.5 Å². The minimum absolute atomic E-state index is 0.0297. The summed E-state index contributed by atoms with van der Waals surface area (Å²) >= 11 is 0. The molecule has 0 fully saturated rings. The van der Waals surface area contributed by atoms with Crippen molar-refractivity contribution in [1.82, 2.24) is 0 Å². The van der Waals surface area contributed by atoms with E-state index in [4.69, 9.17) is 5.11 Å². The summed E-state index contributed by atoms with van der Waals surface area (Å²) in [7, 11) is 0. The second kappa shape index (κ2) is 3.86. The monoisotopic (exact) mass is 231 g/mol. The van der Waals surface area contributed by atoms with Crippen molar-refractivity contribution in [3.63, 3.8) is 0 Å². The summed E-state index contributed by atoms with van der Waals surface area (Å²) in [6.45, 7) is 1.62. The molecule has 17 heavy (non-hydrogen) atoms. The lowest BCUT2D eigenvalue weighted by Gasteiger charge is -2.17. The van der Waals surface area contributed by atoms with E-state index in [1.807, 2.05) is 0 Å². The average Bonchev–Trinajstić information content (AvgIpc) is 2.57. The summed E-state index contributed by atoms with van der Waals surface area (Å²) in [5, 5.41) is 9.11. The molecule has 1 aromatic rings. The topological polar surface area (TPSA) is 74.7 Å². The standard InChI is InChI=1S/C12H9NO4/c1-7-3-2-4-8(11(7)12(16)17)13-9(14)5-6-10(13)15/h2-6H,1H3,(H,16,17). The Hall–Kier alpha value is -2.43. The number of carboxylic acids is 1. The highest BCUT2D eigenvalue weighted by Gasteiger charge is 2.29. The first kappa shape index (κ1) is 11.1. The van der Waals surface area contributed by atoms with E-state index in [1.165, 1.54) is 6.07 Å². The minimum atomic E-state index is -1.16. The maximum absolute atomic E-state index is 11.5. The number of carboxylic acid groups (broad SMARTS) is 1. The third kappa shape index (κ3) is 1.71. The molecule has 0 bridgehead atoms. The zero-order valence-corrected chi connectivity index (χ0v) is 9.01. The Morgan fingerprint density at radius 1 is 1.18 bits per heavy atom. The fourth-order valence-corrected chi connectivity index (χ4v) is 1.75. The van der Waals surface area contributed by atoms with Crippen LogP contribution in [0.4, 0.5) is 5.69 Å². The largest absolute Gasteiger partial charge is 0.478 e. The van der Waals surface area contributed by atoms with Crippen LogP contribution in [0.15, 0.2) is 30.4 Å². The lowest BCUT2D eigenvalue weighted by atomic mass is 10.1. The highest BCUT2D eigenvalue weighted by atomic mass is 16.4. The van der Waals surface area contributed by atoms with Crippen LogP contribution < -0.4 is 4.90 Å². The fraction of sp³-hybridized carbons (Fsp3) is 0.0833. The van der Waals surface area contributed by atoms with Crippen molar-refractivity contribution in [2.24, 2.45) is 0 Å². The quantitative estimate of drug-likeness (QED) is 0.774. The first-order valence-electron chi connectivity index (χ1n) is 4.91. The van der Waals surface area contributed by atoms with Gasteiger partial charge in [0.2, 0.25) is 0 Å². The Morgan fingerprint density at radius 2 is 1.76 bits per heavy atom. The molecule has 5 nitrogen and oxygen atoms in total. The number of carbonyl (C=O) groups excluding carboxylic acids is 2. The molecule has 2 amide bonds. The smallest absolute Gasteiger partial charge is 0.338 e. The Morgan fingerprint density at radius 3 is 2.29 bits per heavy atom. The number of aryl methyl sites for hydroxylation is 1. The van der Waals surface area contributed by atoms with Crippen molar-refractivity contribution in [1.29, 1.82) is 0 Å². The van der Waals surface area contributed by atoms with Gasteiger partial charge in [-0.25, -0.2) is 9.69 Å². The van der Waals surface area contributed by atoms with Gasteiger partial charge in [-0.1, -0.05) is 12.1 Å². The molecule has 0 atom stereocenters. The van der Waals surface area contributed by atoms with Crippen LogP contribution in [0.3, 0.4) is 0 Å². The summed E-state index contributed by atoms with van der Waals surface area (Å²) in [6.07, 6.45) is 2.24. The number of aromatic carboxylic acids is 1. The molecule has 1 heterocycles. The summed E-state index contributed by atoms with van der Waals surface area (Å²) in [5.74, 6) is -2.21. The van der Waals surface area contributed by atoms with E-state index < -0.39 is 17.8 Å². The highest BCUT2D eigenvalue weighted by Crippen LogP contribution is 2.26. The number of rotatable bonds is 2. The summed E-state index contributed by atoms with van der Waals surface area (Å²) in [4.78, 5) is 35.0. The molecule has 1 aliphatic rings. The Bertz CT molecular complexity index is 542. The molecular formula is C12H9NO4. The van der Waals surface area contributed by atoms with E-state index in [-0.39, 0.29) is 11.3 Å². The van der Waals surface area contributed by atoms with Gasteiger partial charge < -0.3 is 5.11 Å². The summed E-state index contributed by atoms with van der Waals surface area (Å²) < 4.78 is 0. The molecule has 0 aliphatic carbocycles. The van der Waals surface area contributed by atoms with Gasteiger partial charge in [-0.2, -0.15) is 0 Å². The SMILES string of the molecule is Cc1cccc(N2C(=O)C=CC2=O)c1C(=O)O. The molecule has 1 aromatic carbocycles. The first-order chi connectivity index (χ1) is 8.02. The molecule has 5 heteroatoms. The number of hydrogen-bond acceptors (Lipinski definition) is 3. The molecule has 0 radical (unpaired) electrons. The van der Waals surface area contributed by atoms with E-state index >= 15 is 0 Å². The van der Waals surface area contributed by atoms with Crippen molar-refractivity contribution in [3.05, 3.63) is 41.5 Å². The second-order valence-electron chi connectivity index (χ2n) is 3.62. The van der Waals surface area contributed by atoms with E-state index in [1.54, 1.807) is 19.1 Å². The second-order valence-corrected chi connectivity index (χ2v) is 3.62. The third-order valence-electron chi connectivity index (χ3n) is 2.51. The average molecular weight is 231 g/mol. The maximum Gasteiger partial charge on any atom is 0.338 e. The maximum atomic E-state index is 11.5. The minimum Gasteiger partial charge on any atom is -0.478 e. The predicted molar refractivity (Wildman–Crippen MR) is 59.8 cm³/mol. The van der Waals surface area contributed by atoms with Crippen molar-refractivity contribution in [3.8, 4) is 0 Å². The van der Waals surface area contributed by atoms with E-state index in [0.29, 0.717) is 5.56 Å². The van der Waals surface area contributed by atoms with Gasteiger partial charge in [0.25, 0.3) is 11.8 Å². The number of carbonyl (C=O) groups is 3. The molecule has 2 rings (SSSR count). The molecule has 0 aromatic heterocycles. The van der Waals surface area contributed by atoms with Crippen LogP contribution in [0.2, 0.25) is 0 Å². The number of amides is 2. The van der Waals surface area contributed by atoms with Crippen LogP contribution in [0.5, 0.6) is 0 Å². The van der Waals surface area contributed by atoms with Crippen LogP contribution in [-0.2, 0) is 9.59 Å². The van der Waals surface area contributed by atoms with Gasteiger partial charge in [0.05, 0.1) is 11.3 Å². The van der Waals surface area contributed by atoms with Crippen LogP contribution in [0, 0.1) is 6.92 Å². The van der Waals surface area contributed by atoms with Crippen LogP contribution in [-0.4, -0.2) is 22.9 Å². The summed E-state index contributed by atoms with van der Waals surface area (Å²) in [6, 6.07) is 4.67. The molecule has 0 saturated carbocycles. The molecule has 0 spiro atoms. The van der Waals surface area contributed by atoms with Crippen LogP contribution >= 0.6 is 0 Å². The highest BCUT2D eigenvalue weighted by molar-refractivity contribution is 6.29. The third-order valence-corrected chi connectivity index (χ3v) is 2.51. The molecule has 0 saturated heterocycles. The molecular weight excluding hydrogens is 222 g/mol. The Labute approximate surface area is 97.0 Å². The number of imide groups is 1. The lowest BCUT2D eigenvalue weighted by Crippen LogP contribution is -2.31. The fourth-order valence-electron chi connectivity index (χ4n) is 1.75. The van der Waals surface area contributed by atoms with E-state index in [0.717, 1.165) is 17.1 Å². The number of nitrogens with zero attached hydrogens (tertiary/aromatic N) is 1. The van der Waals surface area contributed by atoms with Gasteiger partial charge in [-0.3, -0.25) is 9.59 Å². The molecule has 1 N–H and O–H groups in total. The number of benzene rings is 1. The van der Waals surface area contributed by atoms with Crippen molar-refractivity contribution in [2.75, 3.05) is 4.90 Å². The van der Waals surface area contributed by atoms with Crippen molar-refractivity contribution in [2.45, 2.75) is 6.92 Å². The van der Waals surface area contributed by atoms with Crippen LogP contribution in [0.25, 0.3) is 0 Å². The Balaban J connectivity index is 2.60. The van der Waals surface area contributed by atoms with Gasteiger partial charge in [0.15, 0.2) is 0 Å². The van der Waals surface area contributed by atoms with E-state index in [9.17, 15) is 14.4 Å². The molecule has 86 valence electrons. The zero-order valence-electron chi connectivity index (χ0n) is 9.01. The normalized spacial score (nSPS) is 14.5. The van der Waals surface area contributed by atoms with E-state index in [2.05, 4.69) is 0 Å². The van der Waals surface area contributed by atoms with Gasteiger partial charge in [-0.05, 0) is 18.6 Å². The van der Waals surface area contributed by atoms with Gasteiger partial charge in [0.1, 0.15) is 0 Å². The van der Waals surface area contributed by atoms with Gasteiger partial charge in [0, 0.05) is 12.2 Å². The Kier molecular flexibility index (Phi) is 2.51. The first-order valence-corrected chi connectivity index (χ1v) is 4.91.